The number of hydrogen-bond acceptors (Lipinski definition) is 5. The maximum Gasteiger partial charge on any atom is 0.419 e. The van der Waals surface area contributed by atoms with Crippen molar-refractivity contribution in [2.45, 2.75) is 45.5 Å². The molecule has 1 saturated heterocycles. The van der Waals surface area contributed by atoms with E-state index in [0.29, 0.717) is 0 Å². The first-order chi connectivity index (χ1) is 11.8. The van der Waals surface area contributed by atoms with Crippen molar-refractivity contribution in [3.05, 3.63) is 22.8 Å². The van der Waals surface area contributed by atoms with E-state index in [1.807, 2.05) is 0 Å². The second kappa shape index (κ2) is 7.03. The Bertz CT molecular complexity index is 719. The predicted octanol–water partition coefficient (Wildman–Crippen LogP) is 2.99. The summed E-state index contributed by atoms with van der Waals surface area (Å²) in [6, 6.07) is 0.919. The summed E-state index contributed by atoms with van der Waals surface area (Å²) >= 11 is 5.69. The Balaban J connectivity index is 2.42. The maximum absolute atomic E-state index is 12.9. The van der Waals surface area contributed by atoms with Gasteiger partial charge in [0.25, 0.3) is 0 Å². The van der Waals surface area contributed by atoms with Crippen LogP contribution in [0, 0.1) is 5.92 Å². The van der Waals surface area contributed by atoms with Crippen LogP contribution in [-0.4, -0.2) is 35.2 Å². The van der Waals surface area contributed by atoms with E-state index in [0.717, 1.165) is 12.1 Å². The third kappa shape index (κ3) is 4.45. The molecule has 10 heteroatoms. The molecule has 1 aromatic rings. The summed E-state index contributed by atoms with van der Waals surface area (Å²) in [5.41, 5.74) is -1.67. The van der Waals surface area contributed by atoms with Gasteiger partial charge in [0, 0.05) is 0 Å². The van der Waals surface area contributed by atoms with Gasteiger partial charge in [0.1, 0.15) is 23.7 Å². The fourth-order valence-electron chi connectivity index (χ4n) is 2.44. The number of carbonyl (C=O) groups excluding carboxylic acids is 2. The third-order valence-corrected chi connectivity index (χ3v) is 4.10. The molecule has 0 radical (unpaired) electrons. The molecule has 0 spiro atoms. The highest BCUT2D eigenvalue weighted by molar-refractivity contribution is 6.30. The molecule has 2 atom stereocenters. The van der Waals surface area contributed by atoms with Crippen LogP contribution in [0.3, 0.4) is 0 Å². The number of anilines is 1. The molecule has 1 fully saturated rings. The minimum absolute atomic E-state index is 0.00829. The molecule has 6 nitrogen and oxygen atoms in total. The lowest BCUT2D eigenvalue weighted by Gasteiger charge is -2.33. The van der Waals surface area contributed by atoms with Gasteiger partial charge in [-0.2, -0.15) is 13.2 Å². The zero-order chi connectivity index (χ0) is 19.9. The monoisotopic (exact) mass is 393 g/mol. The van der Waals surface area contributed by atoms with Gasteiger partial charge in [-0.25, -0.2) is 4.98 Å². The molecular formula is C16H19ClF3N3O3. The number of nitrogens with zero attached hydrogens (tertiary/aromatic N) is 2. The van der Waals surface area contributed by atoms with E-state index < -0.39 is 46.3 Å². The molecule has 0 aromatic carbocycles. The summed E-state index contributed by atoms with van der Waals surface area (Å²) in [4.78, 5) is 29.1. The Morgan fingerprint density at radius 3 is 2.27 bits per heavy atom. The quantitative estimate of drug-likeness (QED) is 0.483. The fourth-order valence-corrected chi connectivity index (χ4v) is 2.70. The Kier molecular flexibility index (Phi) is 5.53. The average Bonchev–Trinajstić information content (AvgIpc) is 2.71. The molecular weight excluding hydrogens is 375 g/mol. The predicted molar refractivity (Wildman–Crippen MR) is 88.5 cm³/mol. The molecule has 26 heavy (non-hydrogen) atoms. The topological polar surface area (TPSA) is 71.5 Å². The number of nitrogens with one attached hydrogen (secondary N) is 1. The van der Waals surface area contributed by atoms with Crippen molar-refractivity contribution in [1.29, 1.82) is 0 Å². The van der Waals surface area contributed by atoms with Crippen molar-refractivity contribution >= 4 is 29.2 Å². The highest BCUT2D eigenvalue weighted by Gasteiger charge is 2.44. The number of halogens is 4. The van der Waals surface area contributed by atoms with E-state index in [1.54, 1.807) is 27.7 Å². The summed E-state index contributed by atoms with van der Waals surface area (Å²) in [5, 5.41) is 1.46. The number of amides is 2. The molecule has 0 aliphatic carbocycles. The van der Waals surface area contributed by atoms with Gasteiger partial charge < -0.3 is 9.64 Å². The van der Waals surface area contributed by atoms with Crippen LogP contribution in [0.1, 0.15) is 33.3 Å². The molecule has 2 unspecified atom stereocenters. The number of pyridine rings is 1. The van der Waals surface area contributed by atoms with Crippen molar-refractivity contribution in [3.63, 3.8) is 0 Å². The first kappa shape index (κ1) is 20.4. The molecule has 0 bridgehead atoms. The molecule has 144 valence electrons. The molecule has 2 heterocycles. The van der Waals surface area contributed by atoms with Crippen LogP contribution in [0.2, 0.25) is 5.15 Å². The largest absolute Gasteiger partial charge is 0.419 e. The van der Waals surface area contributed by atoms with Gasteiger partial charge in [0.15, 0.2) is 0 Å². The molecule has 2 rings (SSSR count). The van der Waals surface area contributed by atoms with E-state index in [4.69, 9.17) is 16.3 Å². The number of ether oxygens (including phenoxy) is 1. The lowest BCUT2D eigenvalue weighted by Crippen LogP contribution is -2.46. The summed E-state index contributed by atoms with van der Waals surface area (Å²) in [7, 11) is 0. The van der Waals surface area contributed by atoms with E-state index in [-0.39, 0.29) is 12.5 Å². The van der Waals surface area contributed by atoms with Crippen LogP contribution in [0.5, 0.6) is 0 Å². The van der Waals surface area contributed by atoms with E-state index in [1.165, 1.54) is 4.90 Å². The van der Waals surface area contributed by atoms with Gasteiger partial charge in [0.2, 0.25) is 11.8 Å². The first-order valence-corrected chi connectivity index (χ1v) is 8.18. The Morgan fingerprint density at radius 2 is 1.85 bits per heavy atom. The van der Waals surface area contributed by atoms with E-state index >= 15 is 0 Å². The second-order valence-corrected chi connectivity index (χ2v) is 7.31. The van der Waals surface area contributed by atoms with Crippen LogP contribution in [0.15, 0.2) is 12.1 Å². The zero-order valence-corrected chi connectivity index (χ0v) is 15.4. The lowest BCUT2D eigenvalue weighted by molar-refractivity contribution is -0.137. The van der Waals surface area contributed by atoms with Crippen LogP contribution in [0.4, 0.5) is 19.0 Å². The van der Waals surface area contributed by atoms with Gasteiger partial charge in [-0.1, -0.05) is 18.5 Å². The SMILES string of the molecule is CC1C(=O)NC(=O)C1N(COC(C)(C)C)c1ccc(C(F)(F)F)c(Cl)n1. The third-order valence-electron chi connectivity index (χ3n) is 3.81. The summed E-state index contributed by atoms with van der Waals surface area (Å²) in [6.07, 6.45) is -4.65. The number of imide groups is 1. The van der Waals surface area contributed by atoms with Gasteiger partial charge in [-0.05, 0) is 32.9 Å². The Morgan fingerprint density at radius 1 is 1.23 bits per heavy atom. The number of carbonyl (C=O) groups is 2. The minimum Gasteiger partial charge on any atom is -0.355 e. The van der Waals surface area contributed by atoms with Gasteiger partial charge >= 0.3 is 6.18 Å². The van der Waals surface area contributed by atoms with Gasteiger partial charge in [0.05, 0.1) is 17.1 Å². The molecule has 1 aliphatic rings. The standard InChI is InChI=1S/C16H19ClF3N3O3/c1-8-11(14(25)22-13(8)24)23(7-26-15(2,3)4)10-6-5-9(12(17)21-10)16(18,19)20/h5-6,8,11H,7H2,1-4H3,(H,22,24,25). The number of rotatable bonds is 4. The van der Waals surface area contributed by atoms with Crippen molar-refractivity contribution in [1.82, 2.24) is 10.3 Å². The lowest BCUT2D eigenvalue weighted by atomic mass is 10.0. The fraction of sp³-hybridized carbons (Fsp3) is 0.562. The van der Waals surface area contributed by atoms with Crippen molar-refractivity contribution in [2.24, 2.45) is 5.92 Å². The van der Waals surface area contributed by atoms with Gasteiger partial charge in [-0.3, -0.25) is 14.9 Å². The molecule has 2 amide bonds. The van der Waals surface area contributed by atoms with Crippen LogP contribution >= 0.6 is 11.6 Å². The zero-order valence-electron chi connectivity index (χ0n) is 14.6. The minimum atomic E-state index is -4.65. The highest BCUT2D eigenvalue weighted by Crippen LogP contribution is 2.35. The van der Waals surface area contributed by atoms with Gasteiger partial charge in [-0.15, -0.1) is 0 Å². The van der Waals surface area contributed by atoms with Crippen LogP contribution in [-0.2, 0) is 20.5 Å². The first-order valence-electron chi connectivity index (χ1n) is 7.80. The molecule has 1 aliphatic heterocycles. The maximum atomic E-state index is 12.9. The molecule has 0 saturated carbocycles. The normalized spacial score (nSPS) is 21.1. The number of aromatic nitrogens is 1. The number of alkyl halides is 3. The summed E-state index contributed by atoms with van der Waals surface area (Å²) in [6.45, 7) is 6.72. The van der Waals surface area contributed by atoms with E-state index in [9.17, 15) is 22.8 Å². The Labute approximate surface area is 153 Å². The Hall–Kier alpha value is -1.87. The van der Waals surface area contributed by atoms with Crippen molar-refractivity contribution in [2.75, 3.05) is 11.6 Å². The van der Waals surface area contributed by atoms with Crippen LogP contribution in [0.25, 0.3) is 0 Å². The number of hydrogen-bond donors (Lipinski definition) is 1. The van der Waals surface area contributed by atoms with Crippen LogP contribution < -0.4 is 10.2 Å². The van der Waals surface area contributed by atoms with Crippen molar-refractivity contribution < 1.29 is 27.5 Å². The molecule has 1 N–H and O–H groups in total. The van der Waals surface area contributed by atoms with E-state index in [2.05, 4.69) is 10.3 Å². The highest BCUT2D eigenvalue weighted by atomic mass is 35.5. The average molecular weight is 394 g/mol. The summed E-state index contributed by atoms with van der Waals surface area (Å²) in [5.74, 6) is -1.76. The second-order valence-electron chi connectivity index (χ2n) is 6.95. The smallest absolute Gasteiger partial charge is 0.355 e. The summed E-state index contributed by atoms with van der Waals surface area (Å²) < 4.78 is 44.3. The van der Waals surface area contributed by atoms with Crippen molar-refractivity contribution in [3.8, 4) is 0 Å². The molecule has 1 aromatic heterocycles.